The van der Waals surface area contributed by atoms with Gasteiger partial charge >= 0.3 is 5.97 Å². The van der Waals surface area contributed by atoms with E-state index in [2.05, 4.69) is 9.97 Å². The van der Waals surface area contributed by atoms with Crippen LogP contribution in [0, 0.1) is 10.1 Å². The molecule has 2 heterocycles. The molecular weight excluding hydrogens is 484 g/mol. The molecule has 1 amide bonds. The molecule has 1 saturated heterocycles. The van der Waals surface area contributed by atoms with Gasteiger partial charge in [-0.1, -0.05) is 30.0 Å². The van der Waals surface area contributed by atoms with Gasteiger partial charge in [0, 0.05) is 18.5 Å². The van der Waals surface area contributed by atoms with Crippen LogP contribution in [0.1, 0.15) is 15.9 Å². The summed E-state index contributed by atoms with van der Waals surface area (Å²) in [4.78, 5) is 45.2. The number of nitro groups is 1. The van der Waals surface area contributed by atoms with Crippen LogP contribution in [0.2, 0.25) is 0 Å². The van der Waals surface area contributed by atoms with Gasteiger partial charge in [0.1, 0.15) is 0 Å². The van der Waals surface area contributed by atoms with Crippen LogP contribution < -0.4 is 4.90 Å². The molecule has 4 rings (SSSR count). The van der Waals surface area contributed by atoms with Crippen LogP contribution in [0.25, 0.3) is 6.08 Å². The van der Waals surface area contributed by atoms with E-state index < -0.39 is 16.8 Å². The van der Waals surface area contributed by atoms with Crippen molar-refractivity contribution in [2.75, 3.05) is 4.90 Å². The molecule has 0 bridgehead atoms. The average molecular weight is 497 g/mol. The molecule has 0 saturated carbocycles. The maximum absolute atomic E-state index is 12.9. The number of thiocarbonyl (C=S) groups is 1. The highest BCUT2D eigenvalue weighted by Gasteiger charge is 2.33. The Kier molecular flexibility index (Phi) is 6.49. The highest BCUT2D eigenvalue weighted by atomic mass is 32.2. The number of carboxylic acid groups (broad SMARTS) is 1. The number of rotatable bonds is 6. The first-order chi connectivity index (χ1) is 15.8. The second-order valence-electron chi connectivity index (χ2n) is 6.49. The number of benzene rings is 2. The SMILES string of the molecule is O=C(O)c1ccc(N2C(=O)/C(=C\c3ccc(Sc4ncccn4)c([N+](=O)[O-])c3)SC2=S)cc1. The molecule has 3 aromatic rings. The van der Waals surface area contributed by atoms with Crippen LogP contribution in [-0.2, 0) is 4.79 Å². The van der Waals surface area contributed by atoms with Gasteiger partial charge in [0.05, 0.1) is 26.0 Å². The molecule has 0 unspecified atom stereocenters. The van der Waals surface area contributed by atoms with Crippen molar-refractivity contribution in [3.05, 3.63) is 87.1 Å². The molecule has 164 valence electrons. The van der Waals surface area contributed by atoms with Gasteiger partial charge < -0.3 is 5.11 Å². The minimum atomic E-state index is -1.08. The summed E-state index contributed by atoms with van der Waals surface area (Å²) in [5, 5.41) is 21.0. The molecule has 9 nitrogen and oxygen atoms in total. The smallest absolute Gasteiger partial charge is 0.335 e. The minimum absolute atomic E-state index is 0.0888. The fraction of sp³-hybridized carbons (Fsp3) is 0. The predicted octanol–water partition coefficient (Wildman–Crippen LogP) is 4.64. The zero-order valence-corrected chi connectivity index (χ0v) is 18.9. The number of aromatic nitrogens is 2. The Morgan fingerprint density at radius 2 is 1.88 bits per heavy atom. The van der Waals surface area contributed by atoms with E-state index in [4.69, 9.17) is 17.3 Å². The van der Waals surface area contributed by atoms with Crippen LogP contribution in [-0.4, -0.2) is 36.2 Å². The van der Waals surface area contributed by atoms with Crippen LogP contribution in [0.15, 0.2) is 75.9 Å². The molecule has 33 heavy (non-hydrogen) atoms. The Bertz CT molecular complexity index is 1310. The Hall–Kier alpha value is -3.61. The molecule has 1 aromatic heterocycles. The van der Waals surface area contributed by atoms with Crippen LogP contribution in [0.4, 0.5) is 11.4 Å². The summed E-state index contributed by atoms with van der Waals surface area (Å²) >= 11 is 7.45. The highest BCUT2D eigenvalue weighted by molar-refractivity contribution is 8.27. The number of hydrogen-bond donors (Lipinski definition) is 1. The van der Waals surface area contributed by atoms with Gasteiger partial charge in [-0.3, -0.25) is 19.8 Å². The monoisotopic (exact) mass is 496 g/mol. The lowest BCUT2D eigenvalue weighted by atomic mass is 10.1. The standard InChI is InChI=1S/C21H12N4O5S3/c26-18-17(33-21(31)24(18)14-5-3-13(4-6-14)19(27)28)11-12-2-7-16(15(10-12)25(29)30)32-20-22-8-1-9-23-20/h1-11H,(H,27,28)/b17-11+. The second kappa shape index (κ2) is 9.48. The van der Waals surface area contributed by atoms with E-state index in [-0.39, 0.29) is 15.6 Å². The average Bonchev–Trinajstić information content (AvgIpc) is 3.08. The maximum Gasteiger partial charge on any atom is 0.335 e. The highest BCUT2D eigenvalue weighted by Crippen LogP contribution is 2.38. The number of aromatic carboxylic acids is 1. The molecule has 0 radical (unpaired) electrons. The Balaban J connectivity index is 1.61. The topological polar surface area (TPSA) is 127 Å². The molecule has 1 aliphatic rings. The van der Waals surface area contributed by atoms with Gasteiger partial charge in [-0.25, -0.2) is 14.8 Å². The summed E-state index contributed by atoms with van der Waals surface area (Å²) in [6.45, 7) is 0. The fourth-order valence-electron chi connectivity index (χ4n) is 2.88. The van der Waals surface area contributed by atoms with Gasteiger partial charge in [-0.05, 0) is 59.8 Å². The number of carboxylic acids is 1. The van der Waals surface area contributed by atoms with Crippen molar-refractivity contribution < 1.29 is 19.6 Å². The third-order valence-corrected chi connectivity index (χ3v) is 6.65. The predicted molar refractivity (Wildman–Crippen MR) is 128 cm³/mol. The van der Waals surface area contributed by atoms with E-state index in [1.54, 1.807) is 30.6 Å². The molecular formula is C21H12N4O5S3. The van der Waals surface area contributed by atoms with Crippen molar-refractivity contribution in [3.63, 3.8) is 0 Å². The molecule has 1 fully saturated rings. The number of carbonyl (C=O) groups is 2. The summed E-state index contributed by atoms with van der Waals surface area (Å²) in [7, 11) is 0. The normalized spacial score (nSPS) is 14.7. The lowest BCUT2D eigenvalue weighted by Gasteiger charge is -2.14. The largest absolute Gasteiger partial charge is 0.478 e. The number of nitro benzene ring substituents is 1. The summed E-state index contributed by atoms with van der Waals surface area (Å²) in [5.41, 5.74) is 0.847. The number of hydrogen-bond acceptors (Lipinski definition) is 9. The Morgan fingerprint density at radius 3 is 2.52 bits per heavy atom. The van der Waals surface area contributed by atoms with Gasteiger partial charge in [0.25, 0.3) is 11.6 Å². The zero-order chi connectivity index (χ0) is 23.5. The van der Waals surface area contributed by atoms with E-state index in [0.29, 0.717) is 26.2 Å². The van der Waals surface area contributed by atoms with Crippen molar-refractivity contribution in [1.29, 1.82) is 0 Å². The fourth-order valence-corrected chi connectivity index (χ4v) is 4.98. The minimum Gasteiger partial charge on any atom is -0.478 e. The lowest BCUT2D eigenvalue weighted by molar-refractivity contribution is -0.387. The Morgan fingerprint density at radius 1 is 1.18 bits per heavy atom. The van der Waals surface area contributed by atoms with Crippen molar-refractivity contribution in [2.24, 2.45) is 0 Å². The third kappa shape index (κ3) is 4.92. The number of carbonyl (C=O) groups excluding carboxylic acids is 1. The molecule has 1 N–H and O–H groups in total. The second-order valence-corrected chi connectivity index (χ2v) is 9.17. The molecule has 0 atom stereocenters. The first-order valence-electron chi connectivity index (χ1n) is 9.18. The van der Waals surface area contributed by atoms with Gasteiger partial charge in [-0.2, -0.15) is 0 Å². The number of amides is 1. The third-order valence-electron chi connectivity index (χ3n) is 4.39. The first kappa shape index (κ1) is 22.6. The van der Waals surface area contributed by atoms with Gasteiger partial charge in [0.2, 0.25) is 0 Å². The van der Waals surface area contributed by atoms with E-state index >= 15 is 0 Å². The molecule has 1 aliphatic heterocycles. The van der Waals surface area contributed by atoms with Crippen molar-refractivity contribution in [1.82, 2.24) is 9.97 Å². The van der Waals surface area contributed by atoms with E-state index in [1.165, 1.54) is 41.3 Å². The quantitative estimate of drug-likeness (QED) is 0.169. The van der Waals surface area contributed by atoms with Crippen LogP contribution >= 0.6 is 35.7 Å². The zero-order valence-electron chi connectivity index (χ0n) is 16.4. The van der Waals surface area contributed by atoms with E-state index in [9.17, 15) is 19.7 Å². The number of nitrogens with zero attached hydrogens (tertiary/aromatic N) is 4. The van der Waals surface area contributed by atoms with Gasteiger partial charge in [0.15, 0.2) is 9.48 Å². The Labute approximate surface area is 200 Å². The summed E-state index contributed by atoms with van der Waals surface area (Å²) in [6.07, 6.45) is 4.63. The van der Waals surface area contributed by atoms with Crippen molar-refractivity contribution in [3.8, 4) is 0 Å². The molecule has 0 spiro atoms. The van der Waals surface area contributed by atoms with Crippen LogP contribution in [0.5, 0.6) is 0 Å². The molecule has 0 aliphatic carbocycles. The van der Waals surface area contributed by atoms with E-state index in [1.807, 2.05) is 0 Å². The van der Waals surface area contributed by atoms with E-state index in [0.717, 1.165) is 23.5 Å². The maximum atomic E-state index is 12.9. The summed E-state index contributed by atoms with van der Waals surface area (Å²) in [5.74, 6) is -1.47. The number of thioether (sulfide) groups is 1. The van der Waals surface area contributed by atoms with Crippen molar-refractivity contribution in [2.45, 2.75) is 10.1 Å². The molecule has 12 heteroatoms. The summed E-state index contributed by atoms with van der Waals surface area (Å²) < 4.78 is 0.275. The van der Waals surface area contributed by atoms with Gasteiger partial charge in [-0.15, -0.1) is 0 Å². The van der Waals surface area contributed by atoms with Crippen LogP contribution in [0.3, 0.4) is 0 Å². The van der Waals surface area contributed by atoms with Crippen molar-refractivity contribution >= 4 is 69.4 Å². The first-order valence-corrected chi connectivity index (χ1v) is 11.2. The lowest BCUT2D eigenvalue weighted by Crippen LogP contribution is -2.27. The summed E-state index contributed by atoms with van der Waals surface area (Å²) in [6, 6.07) is 12.0. The number of anilines is 1. The molecule has 2 aromatic carbocycles.